The van der Waals surface area contributed by atoms with Crippen molar-refractivity contribution < 1.29 is 9.15 Å². The lowest BCUT2D eigenvalue weighted by molar-refractivity contribution is 0.0398. The molecule has 0 spiro atoms. The largest absolute Gasteiger partial charge is 0.460 e. The van der Waals surface area contributed by atoms with Crippen LogP contribution in [0.4, 0.5) is 0 Å². The molecule has 1 aromatic heterocycles. The van der Waals surface area contributed by atoms with Gasteiger partial charge in [0.05, 0.1) is 6.54 Å². The van der Waals surface area contributed by atoms with E-state index in [0.29, 0.717) is 0 Å². The first kappa shape index (κ1) is 13.4. The molecule has 3 heteroatoms. The number of aryl methyl sites for hydroxylation is 2. The monoisotopic (exact) mass is 285 g/mol. The number of furan rings is 1. The van der Waals surface area contributed by atoms with Crippen LogP contribution < -0.4 is 0 Å². The summed E-state index contributed by atoms with van der Waals surface area (Å²) in [5, 5.41) is 1.23. The van der Waals surface area contributed by atoms with Crippen molar-refractivity contribution in [3.05, 3.63) is 35.1 Å². The van der Waals surface area contributed by atoms with Crippen LogP contribution in [0.1, 0.15) is 23.3 Å². The predicted octanol–water partition coefficient (Wildman–Crippen LogP) is 3.52. The molecule has 1 atom stereocenters. The molecule has 1 unspecified atom stereocenters. The Bertz CT molecular complexity index is 610. The van der Waals surface area contributed by atoms with Gasteiger partial charge in [-0.3, -0.25) is 4.90 Å². The van der Waals surface area contributed by atoms with E-state index >= 15 is 0 Å². The van der Waals surface area contributed by atoms with Crippen molar-refractivity contribution in [2.24, 2.45) is 11.8 Å². The molecule has 3 nitrogen and oxygen atoms in total. The average molecular weight is 285 g/mol. The van der Waals surface area contributed by atoms with Gasteiger partial charge in [-0.05, 0) is 61.4 Å². The van der Waals surface area contributed by atoms with Crippen LogP contribution in [0.2, 0.25) is 0 Å². The molecule has 21 heavy (non-hydrogen) atoms. The van der Waals surface area contributed by atoms with Gasteiger partial charge in [-0.2, -0.15) is 0 Å². The van der Waals surface area contributed by atoms with Gasteiger partial charge in [0, 0.05) is 31.7 Å². The van der Waals surface area contributed by atoms with Gasteiger partial charge in [0.1, 0.15) is 11.3 Å². The van der Waals surface area contributed by atoms with E-state index in [0.717, 1.165) is 42.9 Å². The molecule has 0 saturated carbocycles. The summed E-state index contributed by atoms with van der Waals surface area (Å²) < 4.78 is 11.5. The van der Waals surface area contributed by atoms with Gasteiger partial charge in [0.25, 0.3) is 0 Å². The van der Waals surface area contributed by atoms with Gasteiger partial charge in [-0.25, -0.2) is 0 Å². The summed E-state index contributed by atoms with van der Waals surface area (Å²) in [6.45, 7) is 9.57. The second kappa shape index (κ2) is 5.15. The molecular weight excluding hydrogens is 262 g/mol. The summed E-state index contributed by atoms with van der Waals surface area (Å²) in [6.07, 6.45) is 1.25. The topological polar surface area (TPSA) is 25.6 Å². The number of likely N-dealkylation sites (tertiary alicyclic amines) is 1. The maximum absolute atomic E-state index is 6.00. The van der Waals surface area contributed by atoms with Gasteiger partial charge in [0.2, 0.25) is 0 Å². The SMILES string of the molecule is Cc1cc2cc(CN3CC(C4CCOC4)C3)oc2cc1C. The van der Waals surface area contributed by atoms with E-state index in [9.17, 15) is 0 Å². The lowest BCUT2D eigenvalue weighted by Gasteiger charge is -2.41. The van der Waals surface area contributed by atoms with Crippen LogP contribution in [0.3, 0.4) is 0 Å². The molecule has 0 bridgehead atoms. The Morgan fingerprint density at radius 3 is 2.67 bits per heavy atom. The van der Waals surface area contributed by atoms with Crippen molar-refractivity contribution in [1.82, 2.24) is 4.90 Å². The molecular formula is C18H23NO2. The highest BCUT2D eigenvalue weighted by Gasteiger charge is 2.35. The number of nitrogens with zero attached hydrogens (tertiary/aromatic N) is 1. The molecule has 4 rings (SSSR count). The number of hydrogen-bond donors (Lipinski definition) is 0. The van der Waals surface area contributed by atoms with Crippen LogP contribution in [0.15, 0.2) is 22.6 Å². The van der Waals surface area contributed by atoms with Gasteiger partial charge >= 0.3 is 0 Å². The van der Waals surface area contributed by atoms with Crippen molar-refractivity contribution >= 4 is 11.0 Å². The highest BCUT2D eigenvalue weighted by atomic mass is 16.5. The minimum absolute atomic E-state index is 0.794. The van der Waals surface area contributed by atoms with Crippen LogP contribution in [0.25, 0.3) is 11.0 Å². The normalized spacial score (nSPS) is 23.8. The van der Waals surface area contributed by atoms with Crippen molar-refractivity contribution in [2.75, 3.05) is 26.3 Å². The standard InChI is InChI=1S/C18H23NO2/c1-12-5-15-7-17(21-18(15)6-13(12)2)10-19-8-16(9-19)14-3-4-20-11-14/h5-7,14,16H,3-4,8-11H2,1-2H3. The Hall–Kier alpha value is -1.32. The summed E-state index contributed by atoms with van der Waals surface area (Å²) in [4.78, 5) is 2.49. The smallest absolute Gasteiger partial charge is 0.134 e. The average Bonchev–Trinajstić information content (AvgIpc) is 3.03. The van der Waals surface area contributed by atoms with Gasteiger partial charge in [-0.1, -0.05) is 0 Å². The first-order valence-electron chi connectivity index (χ1n) is 7.99. The molecule has 0 amide bonds. The lowest BCUT2D eigenvalue weighted by atomic mass is 9.85. The second-order valence-electron chi connectivity index (χ2n) is 6.76. The molecule has 3 heterocycles. The number of fused-ring (bicyclic) bond motifs is 1. The molecule has 2 aromatic rings. The molecule has 0 aliphatic carbocycles. The maximum atomic E-state index is 6.00. The van der Waals surface area contributed by atoms with Crippen molar-refractivity contribution in [3.8, 4) is 0 Å². The molecule has 2 aliphatic heterocycles. The fourth-order valence-corrected chi connectivity index (χ4v) is 3.62. The Morgan fingerprint density at radius 1 is 1.10 bits per heavy atom. The third kappa shape index (κ3) is 2.49. The van der Waals surface area contributed by atoms with Crippen molar-refractivity contribution in [3.63, 3.8) is 0 Å². The summed E-state index contributed by atoms with van der Waals surface area (Å²) >= 11 is 0. The molecule has 112 valence electrons. The molecule has 2 aliphatic rings. The van der Waals surface area contributed by atoms with Crippen LogP contribution in [0, 0.1) is 25.7 Å². The Morgan fingerprint density at radius 2 is 1.90 bits per heavy atom. The number of benzene rings is 1. The number of hydrogen-bond acceptors (Lipinski definition) is 3. The molecule has 2 fully saturated rings. The fourth-order valence-electron chi connectivity index (χ4n) is 3.62. The zero-order valence-corrected chi connectivity index (χ0v) is 12.9. The first-order valence-corrected chi connectivity index (χ1v) is 7.99. The minimum Gasteiger partial charge on any atom is -0.460 e. The highest BCUT2D eigenvalue weighted by molar-refractivity contribution is 5.79. The van der Waals surface area contributed by atoms with Gasteiger partial charge in [0.15, 0.2) is 0 Å². The second-order valence-corrected chi connectivity index (χ2v) is 6.76. The van der Waals surface area contributed by atoms with E-state index in [-0.39, 0.29) is 0 Å². The van der Waals surface area contributed by atoms with Gasteiger partial charge in [-0.15, -0.1) is 0 Å². The maximum Gasteiger partial charge on any atom is 0.134 e. The minimum atomic E-state index is 0.794. The van der Waals surface area contributed by atoms with E-state index in [1.807, 2.05) is 0 Å². The highest BCUT2D eigenvalue weighted by Crippen LogP contribution is 2.32. The number of rotatable bonds is 3. The molecule has 2 saturated heterocycles. The molecule has 0 radical (unpaired) electrons. The third-order valence-electron chi connectivity index (χ3n) is 5.18. The van der Waals surface area contributed by atoms with Crippen LogP contribution in [-0.4, -0.2) is 31.2 Å². The van der Waals surface area contributed by atoms with E-state index in [1.54, 1.807) is 0 Å². The zero-order chi connectivity index (χ0) is 14.4. The fraction of sp³-hybridized carbons (Fsp3) is 0.556. The number of ether oxygens (including phenoxy) is 1. The summed E-state index contributed by atoms with van der Waals surface area (Å²) in [5.41, 5.74) is 3.66. The zero-order valence-electron chi connectivity index (χ0n) is 12.9. The first-order chi connectivity index (χ1) is 10.2. The Kier molecular flexibility index (Phi) is 3.27. The molecule has 0 N–H and O–H groups in total. The predicted molar refractivity (Wildman–Crippen MR) is 83.4 cm³/mol. The summed E-state index contributed by atoms with van der Waals surface area (Å²) in [5.74, 6) is 2.72. The van der Waals surface area contributed by atoms with Crippen molar-refractivity contribution in [2.45, 2.75) is 26.8 Å². The molecule has 1 aromatic carbocycles. The van der Waals surface area contributed by atoms with Crippen LogP contribution in [0.5, 0.6) is 0 Å². The summed E-state index contributed by atoms with van der Waals surface area (Å²) in [6, 6.07) is 6.59. The van der Waals surface area contributed by atoms with Crippen molar-refractivity contribution in [1.29, 1.82) is 0 Å². The Labute approximate surface area is 125 Å². The third-order valence-corrected chi connectivity index (χ3v) is 5.18. The Balaban J connectivity index is 1.41. The van der Waals surface area contributed by atoms with Crippen LogP contribution in [-0.2, 0) is 11.3 Å². The quantitative estimate of drug-likeness (QED) is 0.863. The van der Waals surface area contributed by atoms with Crippen LogP contribution >= 0.6 is 0 Å². The van der Waals surface area contributed by atoms with E-state index in [2.05, 4.69) is 36.9 Å². The summed E-state index contributed by atoms with van der Waals surface area (Å²) in [7, 11) is 0. The van der Waals surface area contributed by atoms with Gasteiger partial charge < -0.3 is 9.15 Å². The van der Waals surface area contributed by atoms with E-state index < -0.39 is 0 Å². The van der Waals surface area contributed by atoms with E-state index in [4.69, 9.17) is 9.15 Å². The van der Waals surface area contributed by atoms with E-state index in [1.165, 1.54) is 36.0 Å². The lowest BCUT2D eigenvalue weighted by Crippen LogP contribution is -2.49.